The molecule has 2 nitrogen and oxygen atoms in total. The van der Waals surface area contributed by atoms with E-state index >= 15 is 0 Å². The topological polar surface area (TPSA) is 21.3 Å². The van der Waals surface area contributed by atoms with Crippen LogP contribution in [0.15, 0.2) is 18.2 Å². The Kier molecular flexibility index (Phi) is 7.32. The predicted molar refractivity (Wildman–Crippen MR) is 87.0 cm³/mol. The molecule has 0 spiro atoms. The Balaban J connectivity index is 2.82. The van der Waals surface area contributed by atoms with Crippen molar-refractivity contribution in [2.45, 2.75) is 58.3 Å². The molecule has 0 fully saturated rings. The SMILES string of the molecule is CCOCc1cc(NC(C)C)ccc1CSC(C)C. The lowest BCUT2D eigenvalue weighted by molar-refractivity contribution is 0.133. The first-order valence-corrected chi connectivity index (χ1v) is 8.15. The van der Waals surface area contributed by atoms with Crippen molar-refractivity contribution in [3.8, 4) is 0 Å². The second-order valence-electron chi connectivity index (χ2n) is 5.28. The lowest BCUT2D eigenvalue weighted by atomic mass is 10.1. The summed E-state index contributed by atoms with van der Waals surface area (Å²) >= 11 is 1.98. The quantitative estimate of drug-likeness (QED) is 0.747. The molecule has 0 heterocycles. The first kappa shape index (κ1) is 16.4. The van der Waals surface area contributed by atoms with Gasteiger partial charge in [-0.2, -0.15) is 11.8 Å². The van der Waals surface area contributed by atoms with Crippen molar-refractivity contribution in [3.05, 3.63) is 29.3 Å². The highest BCUT2D eigenvalue weighted by atomic mass is 32.2. The molecule has 0 saturated heterocycles. The van der Waals surface area contributed by atoms with Crippen LogP contribution in [0, 0.1) is 0 Å². The fraction of sp³-hybridized carbons (Fsp3) is 0.625. The van der Waals surface area contributed by atoms with Crippen LogP contribution in [0.2, 0.25) is 0 Å². The molecule has 0 aliphatic rings. The molecule has 1 aromatic rings. The summed E-state index contributed by atoms with van der Waals surface area (Å²) in [5.41, 5.74) is 3.88. The van der Waals surface area contributed by atoms with Gasteiger partial charge in [-0.3, -0.25) is 0 Å². The summed E-state index contributed by atoms with van der Waals surface area (Å²) in [6.45, 7) is 12.3. The first-order valence-electron chi connectivity index (χ1n) is 7.10. The Bertz CT molecular complexity index is 377. The van der Waals surface area contributed by atoms with Crippen LogP contribution < -0.4 is 5.32 Å². The molecule has 1 aromatic carbocycles. The molecule has 0 aliphatic heterocycles. The number of rotatable bonds is 8. The number of ether oxygens (including phenoxy) is 1. The van der Waals surface area contributed by atoms with Crippen molar-refractivity contribution in [2.75, 3.05) is 11.9 Å². The minimum Gasteiger partial charge on any atom is -0.383 e. The monoisotopic (exact) mass is 281 g/mol. The minimum atomic E-state index is 0.454. The smallest absolute Gasteiger partial charge is 0.0720 e. The molecule has 19 heavy (non-hydrogen) atoms. The number of nitrogens with one attached hydrogen (secondary N) is 1. The van der Waals surface area contributed by atoms with E-state index in [-0.39, 0.29) is 0 Å². The molecular formula is C16H27NOS. The number of hydrogen-bond donors (Lipinski definition) is 1. The van der Waals surface area contributed by atoms with Gasteiger partial charge in [-0.15, -0.1) is 0 Å². The molecule has 0 amide bonds. The van der Waals surface area contributed by atoms with Crippen LogP contribution in [0.3, 0.4) is 0 Å². The summed E-state index contributed by atoms with van der Waals surface area (Å²) in [5.74, 6) is 1.06. The normalized spacial score (nSPS) is 11.3. The Morgan fingerprint density at radius 2 is 1.89 bits per heavy atom. The summed E-state index contributed by atoms with van der Waals surface area (Å²) in [4.78, 5) is 0. The van der Waals surface area contributed by atoms with E-state index in [0.717, 1.165) is 12.4 Å². The van der Waals surface area contributed by atoms with Crippen LogP contribution in [0.4, 0.5) is 5.69 Å². The molecular weight excluding hydrogens is 254 g/mol. The van der Waals surface area contributed by atoms with Gasteiger partial charge < -0.3 is 10.1 Å². The molecule has 0 aliphatic carbocycles. The van der Waals surface area contributed by atoms with E-state index in [9.17, 15) is 0 Å². The number of thioether (sulfide) groups is 1. The van der Waals surface area contributed by atoms with E-state index in [1.165, 1.54) is 16.8 Å². The maximum Gasteiger partial charge on any atom is 0.0720 e. The van der Waals surface area contributed by atoms with Gasteiger partial charge in [0.15, 0.2) is 0 Å². The van der Waals surface area contributed by atoms with Crippen molar-refractivity contribution in [1.82, 2.24) is 0 Å². The lowest BCUT2D eigenvalue weighted by Gasteiger charge is -2.15. The molecule has 1 N–H and O–H groups in total. The Hall–Kier alpha value is -0.670. The fourth-order valence-corrected chi connectivity index (χ4v) is 2.59. The molecule has 0 atom stereocenters. The second-order valence-corrected chi connectivity index (χ2v) is 6.84. The maximum absolute atomic E-state index is 5.59. The van der Waals surface area contributed by atoms with Crippen LogP contribution >= 0.6 is 11.8 Å². The second kappa shape index (κ2) is 8.49. The van der Waals surface area contributed by atoms with E-state index in [1.54, 1.807) is 0 Å². The average molecular weight is 281 g/mol. The van der Waals surface area contributed by atoms with Gasteiger partial charge in [-0.1, -0.05) is 19.9 Å². The lowest BCUT2D eigenvalue weighted by Crippen LogP contribution is -2.10. The zero-order valence-corrected chi connectivity index (χ0v) is 13.6. The van der Waals surface area contributed by atoms with Gasteiger partial charge in [0.25, 0.3) is 0 Å². The number of hydrogen-bond acceptors (Lipinski definition) is 3. The van der Waals surface area contributed by atoms with Gasteiger partial charge in [0.05, 0.1) is 6.61 Å². The summed E-state index contributed by atoms with van der Waals surface area (Å²) in [6.07, 6.45) is 0. The molecule has 3 heteroatoms. The zero-order chi connectivity index (χ0) is 14.3. The Morgan fingerprint density at radius 3 is 2.47 bits per heavy atom. The molecule has 108 valence electrons. The van der Waals surface area contributed by atoms with Crippen LogP contribution in [0.1, 0.15) is 45.7 Å². The van der Waals surface area contributed by atoms with Crippen molar-refractivity contribution < 1.29 is 4.74 Å². The summed E-state index contributed by atoms with van der Waals surface area (Å²) in [7, 11) is 0. The van der Waals surface area contributed by atoms with Gasteiger partial charge in [0.2, 0.25) is 0 Å². The summed E-state index contributed by atoms with van der Waals surface area (Å²) < 4.78 is 5.59. The molecule has 0 saturated carbocycles. The van der Waals surface area contributed by atoms with Gasteiger partial charge in [-0.25, -0.2) is 0 Å². The highest BCUT2D eigenvalue weighted by Crippen LogP contribution is 2.24. The third kappa shape index (κ3) is 6.35. The maximum atomic E-state index is 5.59. The van der Waals surface area contributed by atoms with E-state index in [2.05, 4.69) is 51.2 Å². The molecule has 1 rings (SSSR count). The minimum absolute atomic E-state index is 0.454. The number of anilines is 1. The van der Waals surface area contributed by atoms with Crippen LogP contribution in [-0.2, 0) is 17.1 Å². The van der Waals surface area contributed by atoms with Crippen molar-refractivity contribution in [1.29, 1.82) is 0 Å². The predicted octanol–water partition coefficient (Wildman–Crippen LogP) is 4.69. The standard InChI is InChI=1S/C16H27NOS/c1-6-18-10-15-9-16(17-12(2)3)8-7-14(15)11-19-13(4)5/h7-9,12-13,17H,6,10-11H2,1-5H3. The van der Waals surface area contributed by atoms with E-state index < -0.39 is 0 Å². The van der Waals surface area contributed by atoms with Crippen molar-refractivity contribution in [3.63, 3.8) is 0 Å². The molecule has 0 unspecified atom stereocenters. The van der Waals surface area contributed by atoms with Gasteiger partial charge in [0, 0.05) is 24.1 Å². The van der Waals surface area contributed by atoms with Gasteiger partial charge in [-0.05, 0) is 49.3 Å². The van der Waals surface area contributed by atoms with E-state index in [0.29, 0.717) is 17.9 Å². The number of benzene rings is 1. The molecule has 0 radical (unpaired) electrons. The highest BCUT2D eigenvalue weighted by Gasteiger charge is 2.06. The Morgan fingerprint density at radius 1 is 1.16 bits per heavy atom. The van der Waals surface area contributed by atoms with Crippen LogP contribution in [-0.4, -0.2) is 17.9 Å². The molecule has 0 aromatic heterocycles. The summed E-state index contributed by atoms with van der Waals surface area (Å²) in [6, 6.07) is 7.09. The highest BCUT2D eigenvalue weighted by molar-refractivity contribution is 7.99. The van der Waals surface area contributed by atoms with E-state index in [1.807, 2.05) is 18.7 Å². The largest absolute Gasteiger partial charge is 0.383 e. The van der Waals surface area contributed by atoms with Gasteiger partial charge in [0.1, 0.15) is 0 Å². The fourth-order valence-electron chi connectivity index (χ4n) is 1.79. The Labute approximate surface area is 122 Å². The zero-order valence-electron chi connectivity index (χ0n) is 12.8. The molecule has 0 bridgehead atoms. The summed E-state index contributed by atoms with van der Waals surface area (Å²) in [5, 5.41) is 4.11. The van der Waals surface area contributed by atoms with Crippen molar-refractivity contribution in [2.24, 2.45) is 0 Å². The van der Waals surface area contributed by atoms with Crippen molar-refractivity contribution >= 4 is 17.4 Å². The van der Waals surface area contributed by atoms with Crippen LogP contribution in [0.25, 0.3) is 0 Å². The third-order valence-corrected chi connectivity index (χ3v) is 3.84. The van der Waals surface area contributed by atoms with Crippen LogP contribution in [0.5, 0.6) is 0 Å². The first-order chi connectivity index (χ1) is 9.02. The van der Waals surface area contributed by atoms with E-state index in [4.69, 9.17) is 4.74 Å². The third-order valence-electron chi connectivity index (χ3n) is 2.70. The average Bonchev–Trinajstić information content (AvgIpc) is 2.34. The van der Waals surface area contributed by atoms with Gasteiger partial charge >= 0.3 is 0 Å².